The molecule has 1 aromatic rings. The number of hydrogen-bond acceptors (Lipinski definition) is 6. The van der Waals surface area contributed by atoms with Crippen molar-refractivity contribution in [3.05, 3.63) is 5.82 Å². The Hall–Kier alpha value is -1.12. The number of ether oxygens (including phenoxy) is 1. The Morgan fingerprint density at radius 3 is 2.84 bits per heavy atom. The topological polar surface area (TPSA) is 80.5 Å². The average molecular weight is 288 g/mol. The highest BCUT2D eigenvalue weighted by atomic mass is 32.2. The summed E-state index contributed by atoms with van der Waals surface area (Å²) in [7, 11) is 3.70. The molecule has 0 radical (unpaired) electrons. The van der Waals surface area contributed by atoms with Crippen molar-refractivity contribution in [3.63, 3.8) is 0 Å². The highest BCUT2D eigenvalue weighted by Gasteiger charge is 2.11. The molecule has 7 nitrogen and oxygen atoms in total. The van der Waals surface area contributed by atoms with E-state index in [2.05, 4.69) is 15.1 Å². The number of carbonyl (C=O) groups is 1. The summed E-state index contributed by atoms with van der Waals surface area (Å²) in [6.45, 7) is 4.99. The van der Waals surface area contributed by atoms with Crippen molar-refractivity contribution in [2.24, 2.45) is 0 Å². The van der Waals surface area contributed by atoms with Gasteiger partial charge < -0.3 is 19.3 Å². The number of hydrogen-bond donors (Lipinski definition) is 1. The van der Waals surface area contributed by atoms with E-state index in [4.69, 9.17) is 9.84 Å². The molecular weight excluding hydrogens is 268 g/mol. The molecule has 0 spiro atoms. The molecule has 1 aromatic heterocycles. The zero-order valence-corrected chi connectivity index (χ0v) is 12.3. The summed E-state index contributed by atoms with van der Waals surface area (Å²) in [4.78, 5) is 12.7. The van der Waals surface area contributed by atoms with Crippen LogP contribution in [0, 0.1) is 6.92 Å². The standard InChI is InChI=1S/C11H20N4O3S/c1-9-12-13-11(19-8-10(16)17)15(9)5-4-14(2)6-7-18-3/h4-8H2,1-3H3,(H,16,17). The fraction of sp³-hybridized carbons (Fsp3) is 0.727. The van der Waals surface area contributed by atoms with Gasteiger partial charge in [0.1, 0.15) is 5.82 Å². The number of carboxylic acid groups (broad SMARTS) is 1. The van der Waals surface area contributed by atoms with Gasteiger partial charge in [0.15, 0.2) is 5.16 Å². The summed E-state index contributed by atoms with van der Waals surface area (Å²) >= 11 is 1.19. The Morgan fingerprint density at radius 2 is 2.21 bits per heavy atom. The smallest absolute Gasteiger partial charge is 0.313 e. The Morgan fingerprint density at radius 1 is 1.47 bits per heavy atom. The monoisotopic (exact) mass is 288 g/mol. The van der Waals surface area contributed by atoms with Crippen LogP contribution in [0.1, 0.15) is 5.82 Å². The Bertz CT molecular complexity index is 411. The fourth-order valence-corrected chi connectivity index (χ4v) is 2.21. The number of aromatic nitrogens is 3. The van der Waals surface area contributed by atoms with Crippen LogP contribution in [-0.4, -0.2) is 70.3 Å². The highest BCUT2D eigenvalue weighted by Crippen LogP contribution is 2.16. The first kappa shape index (κ1) is 15.9. The van der Waals surface area contributed by atoms with Gasteiger partial charge in [-0.2, -0.15) is 0 Å². The molecule has 0 aliphatic heterocycles. The Balaban J connectivity index is 2.52. The first-order chi connectivity index (χ1) is 9.04. The molecular formula is C11H20N4O3S. The summed E-state index contributed by atoms with van der Waals surface area (Å²) in [5.41, 5.74) is 0. The van der Waals surface area contributed by atoms with Gasteiger partial charge in [-0.3, -0.25) is 4.79 Å². The first-order valence-electron chi connectivity index (χ1n) is 5.96. The molecule has 0 aliphatic rings. The second kappa shape index (κ2) is 8.13. The van der Waals surface area contributed by atoms with Gasteiger partial charge in [0.25, 0.3) is 0 Å². The average Bonchev–Trinajstić information content (AvgIpc) is 2.72. The van der Waals surface area contributed by atoms with E-state index in [0.717, 1.165) is 25.5 Å². The zero-order valence-electron chi connectivity index (χ0n) is 11.5. The third-order valence-electron chi connectivity index (χ3n) is 2.61. The molecule has 0 aliphatic carbocycles. The largest absolute Gasteiger partial charge is 0.481 e. The molecule has 0 fully saturated rings. The lowest BCUT2D eigenvalue weighted by atomic mass is 10.5. The lowest BCUT2D eigenvalue weighted by Gasteiger charge is -2.17. The predicted octanol–water partition coefficient (Wildman–Crippen LogP) is 0.341. The lowest BCUT2D eigenvalue weighted by Crippen LogP contribution is -2.27. The third-order valence-corrected chi connectivity index (χ3v) is 3.56. The molecule has 108 valence electrons. The number of aryl methyl sites for hydroxylation is 1. The molecule has 0 saturated heterocycles. The number of thioether (sulfide) groups is 1. The van der Waals surface area contributed by atoms with Gasteiger partial charge in [-0.25, -0.2) is 0 Å². The number of nitrogens with zero attached hydrogens (tertiary/aromatic N) is 4. The molecule has 1 rings (SSSR count). The van der Waals surface area contributed by atoms with E-state index in [1.54, 1.807) is 7.11 Å². The minimum Gasteiger partial charge on any atom is -0.481 e. The maximum absolute atomic E-state index is 10.6. The second-order valence-corrected chi connectivity index (χ2v) is 5.10. The second-order valence-electron chi connectivity index (χ2n) is 4.16. The van der Waals surface area contributed by atoms with E-state index in [0.29, 0.717) is 11.8 Å². The van der Waals surface area contributed by atoms with Gasteiger partial charge in [-0.1, -0.05) is 11.8 Å². The van der Waals surface area contributed by atoms with Gasteiger partial charge in [0.05, 0.1) is 12.4 Å². The maximum atomic E-state index is 10.6. The van der Waals surface area contributed by atoms with E-state index in [9.17, 15) is 4.79 Å². The van der Waals surface area contributed by atoms with Crippen molar-refractivity contribution in [2.75, 3.05) is 39.6 Å². The number of likely N-dealkylation sites (N-methyl/N-ethyl adjacent to an activating group) is 1. The van der Waals surface area contributed by atoms with E-state index in [-0.39, 0.29) is 5.75 Å². The van der Waals surface area contributed by atoms with Crippen LogP contribution in [0.3, 0.4) is 0 Å². The lowest BCUT2D eigenvalue weighted by molar-refractivity contribution is -0.133. The SMILES string of the molecule is COCCN(C)CCn1c(C)nnc1SCC(=O)O. The molecule has 0 bridgehead atoms. The number of carboxylic acids is 1. The first-order valence-corrected chi connectivity index (χ1v) is 6.95. The van der Waals surface area contributed by atoms with Crippen molar-refractivity contribution in [3.8, 4) is 0 Å². The van der Waals surface area contributed by atoms with E-state index in [1.165, 1.54) is 11.8 Å². The maximum Gasteiger partial charge on any atom is 0.313 e. The van der Waals surface area contributed by atoms with Crippen LogP contribution in [0.2, 0.25) is 0 Å². The molecule has 0 aromatic carbocycles. The summed E-state index contributed by atoms with van der Waals surface area (Å²) in [6.07, 6.45) is 0. The van der Waals surface area contributed by atoms with Crippen molar-refractivity contribution in [2.45, 2.75) is 18.6 Å². The minimum absolute atomic E-state index is 0.00233. The quantitative estimate of drug-likeness (QED) is 0.656. The summed E-state index contributed by atoms with van der Waals surface area (Å²) in [5, 5.41) is 17.3. The van der Waals surface area contributed by atoms with Crippen LogP contribution in [0.15, 0.2) is 5.16 Å². The normalized spacial score (nSPS) is 11.2. The summed E-state index contributed by atoms with van der Waals surface area (Å²) in [5.74, 6) is -0.0556. The van der Waals surface area contributed by atoms with Crippen LogP contribution in [0.25, 0.3) is 0 Å². The fourth-order valence-electron chi connectivity index (χ4n) is 1.48. The molecule has 0 amide bonds. The molecule has 19 heavy (non-hydrogen) atoms. The number of aliphatic carboxylic acids is 1. The molecule has 8 heteroatoms. The molecule has 0 atom stereocenters. The summed E-state index contributed by atoms with van der Waals surface area (Å²) in [6, 6.07) is 0. The van der Waals surface area contributed by atoms with E-state index in [1.807, 2.05) is 18.5 Å². The van der Waals surface area contributed by atoms with Gasteiger partial charge in [0, 0.05) is 26.7 Å². The highest BCUT2D eigenvalue weighted by molar-refractivity contribution is 7.99. The molecule has 0 saturated carbocycles. The van der Waals surface area contributed by atoms with E-state index < -0.39 is 5.97 Å². The predicted molar refractivity (Wildman–Crippen MR) is 72.5 cm³/mol. The molecule has 0 unspecified atom stereocenters. The minimum atomic E-state index is -0.852. The van der Waals surface area contributed by atoms with Crippen LogP contribution in [0.4, 0.5) is 0 Å². The van der Waals surface area contributed by atoms with Crippen LogP contribution < -0.4 is 0 Å². The van der Waals surface area contributed by atoms with Gasteiger partial charge in [-0.05, 0) is 14.0 Å². The summed E-state index contributed by atoms with van der Waals surface area (Å²) < 4.78 is 6.96. The zero-order chi connectivity index (χ0) is 14.3. The van der Waals surface area contributed by atoms with Crippen molar-refractivity contribution in [1.29, 1.82) is 0 Å². The van der Waals surface area contributed by atoms with Crippen molar-refractivity contribution in [1.82, 2.24) is 19.7 Å². The Labute approximate surface area is 116 Å². The van der Waals surface area contributed by atoms with Crippen molar-refractivity contribution >= 4 is 17.7 Å². The number of rotatable bonds is 9. The van der Waals surface area contributed by atoms with Crippen LogP contribution in [-0.2, 0) is 16.1 Å². The van der Waals surface area contributed by atoms with Gasteiger partial charge in [-0.15, -0.1) is 10.2 Å². The number of methoxy groups -OCH3 is 1. The van der Waals surface area contributed by atoms with Crippen molar-refractivity contribution < 1.29 is 14.6 Å². The van der Waals surface area contributed by atoms with Crippen LogP contribution in [0.5, 0.6) is 0 Å². The van der Waals surface area contributed by atoms with Gasteiger partial charge >= 0.3 is 5.97 Å². The van der Waals surface area contributed by atoms with Gasteiger partial charge in [0.2, 0.25) is 0 Å². The molecule has 1 N–H and O–H groups in total. The third kappa shape index (κ3) is 5.58. The molecule has 1 heterocycles. The van der Waals surface area contributed by atoms with Crippen LogP contribution >= 0.6 is 11.8 Å². The van der Waals surface area contributed by atoms with E-state index >= 15 is 0 Å². The Kier molecular flexibility index (Phi) is 6.82.